The molecule has 5 rings (SSSR count). The van der Waals surface area contributed by atoms with E-state index in [1.54, 1.807) is 6.92 Å². The summed E-state index contributed by atoms with van der Waals surface area (Å²) in [6.07, 6.45) is 4.63. The Bertz CT molecular complexity index is 1280. The van der Waals surface area contributed by atoms with Gasteiger partial charge >= 0.3 is 5.97 Å². The minimum Gasteiger partial charge on any atom is -0.489 e. The molecule has 5 heteroatoms. The number of carboxylic acid groups (broad SMARTS) is 1. The number of benzene rings is 3. The molecule has 1 unspecified atom stereocenters. The Hall–Kier alpha value is -3.60. The normalized spacial score (nSPS) is 16.4. The second kappa shape index (κ2) is 9.57. The number of hydrogen-bond donors (Lipinski definition) is 1. The molecule has 1 fully saturated rings. The summed E-state index contributed by atoms with van der Waals surface area (Å²) >= 11 is 0. The highest BCUT2D eigenvalue weighted by Gasteiger charge is 2.34. The molecule has 0 spiro atoms. The third-order valence-corrected chi connectivity index (χ3v) is 7.46. The van der Waals surface area contributed by atoms with E-state index >= 15 is 0 Å². The molecule has 1 N–H and O–H groups in total. The minimum atomic E-state index is -0.824. The first-order chi connectivity index (χ1) is 16.9. The first-order valence-electron chi connectivity index (χ1n) is 12.4. The maximum atomic E-state index is 12.8. The zero-order chi connectivity index (χ0) is 24.5. The van der Waals surface area contributed by atoms with E-state index in [1.807, 2.05) is 66.4 Å². The molecule has 1 saturated carbocycles. The number of aryl methyl sites for hydroxylation is 1. The fourth-order valence-electron chi connectivity index (χ4n) is 5.35. The number of hydrogen-bond acceptors (Lipinski definition) is 3. The highest BCUT2D eigenvalue weighted by Crippen LogP contribution is 2.34. The molecule has 5 nitrogen and oxygen atoms in total. The van der Waals surface area contributed by atoms with Crippen molar-refractivity contribution in [3.05, 3.63) is 88.5 Å². The van der Waals surface area contributed by atoms with Crippen LogP contribution in [-0.4, -0.2) is 27.9 Å². The second-order valence-electron chi connectivity index (χ2n) is 9.81. The van der Waals surface area contributed by atoms with Crippen LogP contribution in [0, 0.1) is 6.92 Å². The van der Waals surface area contributed by atoms with Gasteiger partial charge in [0.15, 0.2) is 0 Å². The SMILES string of the molecule is Cc1ccc(-c2cccc(COc3ccc4c(c3)CN(C3CCCC3)C4=O)c2)cc1C(C)C(=O)O. The number of rotatable bonds is 7. The Kier molecular flexibility index (Phi) is 6.33. The number of aliphatic carboxylic acids is 1. The van der Waals surface area contributed by atoms with E-state index in [0.29, 0.717) is 19.2 Å². The van der Waals surface area contributed by atoms with Gasteiger partial charge in [0.2, 0.25) is 0 Å². The van der Waals surface area contributed by atoms with Crippen molar-refractivity contribution in [3.63, 3.8) is 0 Å². The van der Waals surface area contributed by atoms with Gasteiger partial charge in [0.1, 0.15) is 12.4 Å². The van der Waals surface area contributed by atoms with Crippen LogP contribution in [0.2, 0.25) is 0 Å². The topological polar surface area (TPSA) is 66.8 Å². The van der Waals surface area contributed by atoms with Crippen LogP contribution >= 0.6 is 0 Å². The molecule has 0 aromatic heterocycles. The van der Waals surface area contributed by atoms with Gasteiger partial charge in [-0.3, -0.25) is 9.59 Å². The lowest BCUT2D eigenvalue weighted by molar-refractivity contribution is -0.138. The zero-order valence-corrected chi connectivity index (χ0v) is 20.3. The molecule has 2 aliphatic rings. The van der Waals surface area contributed by atoms with Gasteiger partial charge in [-0.25, -0.2) is 0 Å². The van der Waals surface area contributed by atoms with Crippen molar-refractivity contribution in [3.8, 4) is 16.9 Å². The standard InChI is InChI=1S/C30H31NO4/c1-19-10-11-23(16-28(19)20(2)30(33)34)22-7-5-6-21(14-22)18-35-26-12-13-27-24(15-26)17-31(29(27)32)25-8-3-4-9-25/h5-7,10-16,20,25H,3-4,8-9,17-18H2,1-2H3,(H,33,34). The smallest absolute Gasteiger partial charge is 0.310 e. The Balaban J connectivity index is 1.30. The van der Waals surface area contributed by atoms with Crippen molar-refractivity contribution in [2.75, 3.05) is 0 Å². The average molecular weight is 470 g/mol. The van der Waals surface area contributed by atoms with E-state index in [1.165, 1.54) is 12.8 Å². The molecule has 0 bridgehead atoms. The molecule has 1 heterocycles. The molecule has 1 aliphatic carbocycles. The molecule has 1 atom stereocenters. The summed E-state index contributed by atoms with van der Waals surface area (Å²) in [5.74, 6) is -0.462. The lowest BCUT2D eigenvalue weighted by Crippen LogP contribution is -2.33. The number of carbonyl (C=O) groups is 2. The van der Waals surface area contributed by atoms with Gasteiger partial charge in [0, 0.05) is 18.2 Å². The van der Waals surface area contributed by atoms with Crippen LogP contribution in [0.15, 0.2) is 60.7 Å². The van der Waals surface area contributed by atoms with Crippen LogP contribution in [-0.2, 0) is 17.9 Å². The van der Waals surface area contributed by atoms with Crippen molar-refractivity contribution >= 4 is 11.9 Å². The number of nitrogens with zero attached hydrogens (tertiary/aromatic N) is 1. The van der Waals surface area contributed by atoms with Gasteiger partial charge in [0.25, 0.3) is 5.91 Å². The maximum Gasteiger partial charge on any atom is 0.310 e. The van der Waals surface area contributed by atoms with Crippen LogP contribution < -0.4 is 4.74 Å². The first-order valence-corrected chi connectivity index (χ1v) is 12.4. The van der Waals surface area contributed by atoms with E-state index in [2.05, 4.69) is 6.07 Å². The van der Waals surface area contributed by atoms with Crippen molar-refractivity contribution in [1.29, 1.82) is 0 Å². The summed E-state index contributed by atoms with van der Waals surface area (Å²) in [5, 5.41) is 9.45. The summed E-state index contributed by atoms with van der Waals surface area (Å²) in [6.45, 7) is 4.75. The molecular weight excluding hydrogens is 438 g/mol. The Morgan fingerprint density at radius 2 is 1.83 bits per heavy atom. The van der Waals surface area contributed by atoms with Crippen LogP contribution in [0.1, 0.15) is 71.1 Å². The molecule has 180 valence electrons. The van der Waals surface area contributed by atoms with E-state index in [9.17, 15) is 14.7 Å². The van der Waals surface area contributed by atoms with Gasteiger partial charge in [-0.2, -0.15) is 0 Å². The molecule has 0 radical (unpaired) electrons. The lowest BCUT2D eigenvalue weighted by Gasteiger charge is -2.23. The van der Waals surface area contributed by atoms with Gasteiger partial charge in [-0.15, -0.1) is 0 Å². The largest absolute Gasteiger partial charge is 0.489 e. The van der Waals surface area contributed by atoms with Gasteiger partial charge in [-0.1, -0.05) is 49.2 Å². The van der Waals surface area contributed by atoms with E-state index < -0.39 is 11.9 Å². The first kappa shape index (κ1) is 23.2. The third kappa shape index (κ3) is 4.68. The fraction of sp³-hybridized carbons (Fsp3) is 0.333. The fourth-order valence-corrected chi connectivity index (χ4v) is 5.35. The van der Waals surface area contributed by atoms with Crippen LogP contribution in [0.3, 0.4) is 0 Å². The predicted octanol–water partition coefficient (Wildman–Crippen LogP) is 6.33. The number of carbonyl (C=O) groups excluding carboxylic acids is 1. The van der Waals surface area contributed by atoms with Crippen molar-refractivity contribution in [2.24, 2.45) is 0 Å². The Morgan fingerprint density at radius 3 is 2.60 bits per heavy atom. The quantitative estimate of drug-likeness (QED) is 0.439. The van der Waals surface area contributed by atoms with Gasteiger partial charge < -0.3 is 14.7 Å². The van der Waals surface area contributed by atoms with Crippen molar-refractivity contribution in [2.45, 2.75) is 64.6 Å². The van der Waals surface area contributed by atoms with Crippen molar-refractivity contribution < 1.29 is 19.4 Å². The second-order valence-corrected chi connectivity index (χ2v) is 9.81. The maximum absolute atomic E-state index is 12.8. The Labute approximate surface area is 206 Å². The molecule has 35 heavy (non-hydrogen) atoms. The van der Waals surface area contributed by atoms with Crippen molar-refractivity contribution in [1.82, 2.24) is 4.90 Å². The molecular formula is C30H31NO4. The monoisotopic (exact) mass is 469 g/mol. The third-order valence-electron chi connectivity index (χ3n) is 7.46. The summed E-state index contributed by atoms with van der Waals surface area (Å²) in [4.78, 5) is 26.4. The van der Waals surface area contributed by atoms with E-state index in [-0.39, 0.29) is 5.91 Å². The summed E-state index contributed by atoms with van der Waals surface area (Å²) < 4.78 is 6.11. The molecule has 3 aromatic rings. The summed E-state index contributed by atoms with van der Waals surface area (Å²) in [5.41, 5.74) is 6.70. The lowest BCUT2D eigenvalue weighted by atomic mass is 9.92. The number of amides is 1. The van der Waals surface area contributed by atoms with Crippen LogP contribution in [0.5, 0.6) is 5.75 Å². The molecule has 3 aromatic carbocycles. The van der Waals surface area contributed by atoms with Crippen LogP contribution in [0.4, 0.5) is 0 Å². The number of ether oxygens (including phenoxy) is 1. The van der Waals surface area contributed by atoms with Crippen LogP contribution in [0.25, 0.3) is 11.1 Å². The zero-order valence-electron chi connectivity index (χ0n) is 20.3. The van der Waals surface area contributed by atoms with E-state index in [4.69, 9.17) is 4.74 Å². The molecule has 0 saturated heterocycles. The minimum absolute atomic E-state index is 0.154. The highest BCUT2D eigenvalue weighted by molar-refractivity contribution is 5.98. The Morgan fingerprint density at radius 1 is 1.06 bits per heavy atom. The molecule has 1 aliphatic heterocycles. The molecule has 1 amide bonds. The van der Waals surface area contributed by atoms with Gasteiger partial charge in [-0.05, 0) is 84.3 Å². The summed E-state index contributed by atoms with van der Waals surface area (Å²) in [6, 6.07) is 20.3. The summed E-state index contributed by atoms with van der Waals surface area (Å²) in [7, 11) is 0. The van der Waals surface area contributed by atoms with E-state index in [0.717, 1.165) is 57.5 Å². The van der Waals surface area contributed by atoms with Gasteiger partial charge in [0.05, 0.1) is 5.92 Å². The highest BCUT2D eigenvalue weighted by atomic mass is 16.5. The number of fused-ring (bicyclic) bond motifs is 1. The predicted molar refractivity (Wildman–Crippen MR) is 136 cm³/mol. The number of carboxylic acids is 1. The average Bonchev–Trinajstić information content (AvgIpc) is 3.51.